The second kappa shape index (κ2) is 6.08. The number of fused-ring (bicyclic) bond motifs is 1. The lowest BCUT2D eigenvalue weighted by atomic mass is 10.1. The molecule has 4 rings (SSSR count). The average molecular weight is 316 g/mol. The molecule has 2 N–H and O–H groups in total. The zero-order chi connectivity index (χ0) is 16.4. The van der Waals surface area contributed by atoms with Crippen molar-refractivity contribution in [1.82, 2.24) is 25.1 Å². The fourth-order valence-electron chi connectivity index (χ4n) is 2.64. The molecule has 0 fully saturated rings. The molecule has 1 atom stereocenters. The summed E-state index contributed by atoms with van der Waals surface area (Å²) >= 11 is 0. The molecule has 0 aliphatic rings. The lowest BCUT2D eigenvalue weighted by Crippen LogP contribution is -2.11. The number of rotatable bonds is 4. The lowest BCUT2D eigenvalue weighted by Gasteiger charge is -2.13. The van der Waals surface area contributed by atoms with E-state index >= 15 is 0 Å². The Balaban J connectivity index is 1.80. The van der Waals surface area contributed by atoms with Crippen LogP contribution in [0.4, 0.5) is 5.95 Å². The van der Waals surface area contributed by atoms with Gasteiger partial charge in [0.25, 0.3) is 0 Å². The van der Waals surface area contributed by atoms with Crippen molar-refractivity contribution in [3.63, 3.8) is 0 Å². The smallest absolute Gasteiger partial charge is 0.224 e. The van der Waals surface area contributed by atoms with E-state index in [2.05, 4.69) is 37.6 Å². The third-order valence-electron chi connectivity index (χ3n) is 3.84. The van der Waals surface area contributed by atoms with Gasteiger partial charge in [-0.05, 0) is 13.0 Å². The highest BCUT2D eigenvalue weighted by Crippen LogP contribution is 2.27. The van der Waals surface area contributed by atoms with Gasteiger partial charge in [0.15, 0.2) is 0 Å². The van der Waals surface area contributed by atoms with Crippen LogP contribution in [0, 0.1) is 0 Å². The molecule has 118 valence electrons. The fourth-order valence-corrected chi connectivity index (χ4v) is 2.64. The quantitative estimate of drug-likeness (QED) is 0.601. The largest absolute Gasteiger partial charge is 0.344 e. The van der Waals surface area contributed by atoms with Gasteiger partial charge in [0, 0.05) is 10.9 Å². The van der Waals surface area contributed by atoms with E-state index in [1.165, 1.54) is 6.33 Å². The minimum atomic E-state index is -0.0720. The maximum absolute atomic E-state index is 4.74. The number of anilines is 1. The Bertz CT molecular complexity index is 950. The third-order valence-corrected chi connectivity index (χ3v) is 3.84. The molecule has 1 unspecified atom stereocenters. The summed E-state index contributed by atoms with van der Waals surface area (Å²) in [6, 6.07) is 18.1. The molecule has 2 heterocycles. The molecule has 6 heteroatoms. The number of H-pyrrole nitrogens is 1. The Morgan fingerprint density at radius 2 is 1.75 bits per heavy atom. The van der Waals surface area contributed by atoms with Gasteiger partial charge in [0.1, 0.15) is 12.2 Å². The molecule has 0 saturated carbocycles. The Labute approximate surface area is 139 Å². The molecule has 0 aliphatic heterocycles. The molecule has 0 aliphatic carbocycles. The van der Waals surface area contributed by atoms with Crippen molar-refractivity contribution >= 4 is 16.9 Å². The van der Waals surface area contributed by atoms with E-state index in [9.17, 15) is 0 Å². The van der Waals surface area contributed by atoms with Gasteiger partial charge in [-0.25, -0.2) is 15.0 Å². The SMILES string of the molecule is CC(Nc1nc(-c2ccccc2)c2ccccc2n1)c1ncn[nH]1. The van der Waals surface area contributed by atoms with Gasteiger partial charge in [-0.3, -0.25) is 5.10 Å². The molecule has 2 aromatic heterocycles. The molecular formula is C18H16N6. The van der Waals surface area contributed by atoms with Gasteiger partial charge in [0.2, 0.25) is 5.95 Å². The summed E-state index contributed by atoms with van der Waals surface area (Å²) in [5, 5.41) is 11.1. The minimum Gasteiger partial charge on any atom is -0.344 e. The van der Waals surface area contributed by atoms with Crippen molar-refractivity contribution in [2.75, 3.05) is 5.32 Å². The fraction of sp³-hybridized carbons (Fsp3) is 0.111. The molecular weight excluding hydrogens is 300 g/mol. The van der Waals surface area contributed by atoms with Crippen LogP contribution in [0.25, 0.3) is 22.2 Å². The predicted molar refractivity (Wildman–Crippen MR) is 93.4 cm³/mol. The first-order valence-electron chi connectivity index (χ1n) is 7.75. The zero-order valence-corrected chi connectivity index (χ0v) is 13.1. The van der Waals surface area contributed by atoms with Gasteiger partial charge >= 0.3 is 0 Å². The molecule has 0 spiro atoms. The summed E-state index contributed by atoms with van der Waals surface area (Å²) in [5.74, 6) is 1.31. The summed E-state index contributed by atoms with van der Waals surface area (Å²) in [6.45, 7) is 1.99. The Morgan fingerprint density at radius 1 is 0.958 bits per heavy atom. The number of nitrogens with zero attached hydrogens (tertiary/aromatic N) is 4. The zero-order valence-electron chi connectivity index (χ0n) is 13.1. The number of aromatic nitrogens is 5. The van der Waals surface area contributed by atoms with E-state index in [-0.39, 0.29) is 6.04 Å². The number of aromatic amines is 1. The Hall–Kier alpha value is -3.28. The molecule has 24 heavy (non-hydrogen) atoms. The van der Waals surface area contributed by atoms with Crippen molar-refractivity contribution in [2.45, 2.75) is 13.0 Å². The van der Waals surface area contributed by atoms with Crippen molar-refractivity contribution in [3.8, 4) is 11.3 Å². The van der Waals surface area contributed by atoms with Crippen LogP contribution in [0.15, 0.2) is 60.9 Å². The summed E-state index contributed by atoms with van der Waals surface area (Å²) in [6.07, 6.45) is 1.49. The van der Waals surface area contributed by atoms with E-state index in [0.29, 0.717) is 5.95 Å². The predicted octanol–water partition coefficient (Wildman–Crippen LogP) is 3.59. The summed E-state index contributed by atoms with van der Waals surface area (Å²) in [7, 11) is 0. The highest BCUT2D eigenvalue weighted by molar-refractivity contribution is 5.93. The van der Waals surface area contributed by atoms with Crippen LogP contribution in [0.3, 0.4) is 0 Å². The van der Waals surface area contributed by atoms with E-state index in [0.717, 1.165) is 28.0 Å². The number of benzene rings is 2. The number of hydrogen-bond donors (Lipinski definition) is 2. The number of nitrogens with one attached hydrogen (secondary N) is 2. The number of para-hydroxylation sites is 1. The topological polar surface area (TPSA) is 79.4 Å². The molecule has 0 bridgehead atoms. The lowest BCUT2D eigenvalue weighted by molar-refractivity contribution is 0.784. The molecule has 6 nitrogen and oxygen atoms in total. The van der Waals surface area contributed by atoms with Gasteiger partial charge in [-0.2, -0.15) is 5.10 Å². The molecule has 0 amide bonds. The van der Waals surface area contributed by atoms with Gasteiger partial charge in [-0.15, -0.1) is 0 Å². The van der Waals surface area contributed by atoms with Crippen LogP contribution >= 0.6 is 0 Å². The van der Waals surface area contributed by atoms with E-state index in [4.69, 9.17) is 4.98 Å². The van der Waals surface area contributed by atoms with Gasteiger partial charge < -0.3 is 5.32 Å². The van der Waals surface area contributed by atoms with E-state index in [1.54, 1.807) is 0 Å². The highest BCUT2D eigenvalue weighted by atomic mass is 15.2. The van der Waals surface area contributed by atoms with Crippen molar-refractivity contribution in [2.24, 2.45) is 0 Å². The summed E-state index contributed by atoms with van der Waals surface area (Å²) in [5.41, 5.74) is 2.87. The van der Waals surface area contributed by atoms with E-state index in [1.807, 2.05) is 49.4 Å². The van der Waals surface area contributed by atoms with Crippen LogP contribution in [0.1, 0.15) is 18.8 Å². The van der Waals surface area contributed by atoms with Gasteiger partial charge in [0.05, 0.1) is 17.3 Å². The maximum Gasteiger partial charge on any atom is 0.224 e. The summed E-state index contributed by atoms with van der Waals surface area (Å²) < 4.78 is 0. The van der Waals surface area contributed by atoms with Crippen LogP contribution in [-0.2, 0) is 0 Å². The van der Waals surface area contributed by atoms with Crippen LogP contribution in [-0.4, -0.2) is 25.1 Å². The average Bonchev–Trinajstić information content (AvgIpc) is 3.17. The first-order chi connectivity index (χ1) is 11.8. The Morgan fingerprint density at radius 3 is 2.54 bits per heavy atom. The van der Waals surface area contributed by atoms with E-state index < -0.39 is 0 Å². The van der Waals surface area contributed by atoms with Crippen LogP contribution in [0.2, 0.25) is 0 Å². The van der Waals surface area contributed by atoms with Crippen LogP contribution < -0.4 is 5.32 Å². The van der Waals surface area contributed by atoms with Crippen molar-refractivity contribution in [1.29, 1.82) is 0 Å². The van der Waals surface area contributed by atoms with Gasteiger partial charge in [-0.1, -0.05) is 48.5 Å². The second-order valence-electron chi connectivity index (χ2n) is 5.52. The van der Waals surface area contributed by atoms with Crippen LogP contribution in [0.5, 0.6) is 0 Å². The first kappa shape index (κ1) is 14.3. The molecule has 2 aromatic carbocycles. The normalized spacial score (nSPS) is 12.2. The molecule has 4 aromatic rings. The number of hydrogen-bond acceptors (Lipinski definition) is 5. The van der Waals surface area contributed by atoms with Crippen molar-refractivity contribution < 1.29 is 0 Å². The second-order valence-corrected chi connectivity index (χ2v) is 5.52. The third kappa shape index (κ3) is 2.69. The molecule has 0 saturated heterocycles. The summed E-state index contributed by atoms with van der Waals surface area (Å²) in [4.78, 5) is 13.5. The first-order valence-corrected chi connectivity index (χ1v) is 7.75. The highest BCUT2D eigenvalue weighted by Gasteiger charge is 2.13. The molecule has 0 radical (unpaired) electrons. The minimum absolute atomic E-state index is 0.0720. The standard InChI is InChI=1S/C18H16N6/c1-12(17-19-11-20-24-17)21-18-22-15-10-6-5-9-14(15)16(23-18)13-7-3-2-4-8-13/h2-12H,1H3,(H,19,20,24)(H,21,22,23). The van der Waals surface area contributed by atoms with Crippen molar-refractivity contribution in [3.05, 3.63) is 66.7 Å². The monoisotopic (exact) mass is 316 g/mol. The Kier molecular flexibility index (Phi) is 3.63. The maximum atomic E-state index is 4.74.